The van der Waals surface area contributed by atoms with Crippen LogP contribution in [0.5, 0.6) is 0 Å². The van der Waals surface area contributed by atoms with Crippen LogP contribution in [0, 0.1) is 0 Å². The maximum Gasteiger partial charge on any atom is 0.0463 e. The Kier molecular flexibility index (Phi) is 3.58. The van der Waals surface area contributed by atoms with E-state index in [4.69, 9.17) is 0 Å². The molecule has 0 aromatic heterocycles. The van der Waals surface area contributed by atoms with Gasteiger partial charge < -0.3 is 5.32 Å². The van der Waals surface area contributed by atoms with Gasteiger partial charge in [-0.25, -0.2) is 0 Å². The van der Waals surface area contributed by atoms with Crippen molar-refractivity contribution in [3.05, 3.63) is 108 Å². The van der Waals surface area contributed by atoms with Crippen LogP contribution in [0.4, 0.5) is 11.4 Å². The fourth-order valence-electron chi connectivity index (χ4n) is 5.09. The monoisotopic (exact) mass is 385 g/mol. The SMILES string of the molecule is CC1(C)c2cccc3ccc4cc(Nc5ccccc5-c5ccccc5)cc1c4c23. The third kappa shape index (κ3) is 2.42. The minimum atomic E-state index is -0.00190. The molecule has 0 saturated carbocycles. The standard InChI is InChI=1S/C29H23N/c1-29(2)24-13-8-11-20-15-16-21-17-22(18-25(29)28(21)27(20)24)30-26-14-7-6-12-23(26)19-9-4-3-5-10-19/h3-18,30H,1-2H3. The molecule has 0 unspecified atom stereocenters. The van der Waals surface area contributed by atoms with E-state index in [2.05, 4.69) is 116 Å². The zero-order chi connectivity index (χ0) is 20.3. The number of hydrogen-bond donors (Lipinski definition) is 1. The van der Waals surface area contributed by atoms with Crippen LogP contribution in [0.25, 0.3) is 32.7 Å². The van der Waals surface area contributed by atoms with Gasteiger partial charge in [0.15, 0.2) is 0 Å². The molecule has 0 aliphatic heterocycles. The highest BCUT2D eigenvalue weighted by atomic mass is 14.9. The van der Waals surface area contributed by atoms with Crippen LogP contribution in [-0.4, -0.2) is 0 Å². The maximum absolute atomic E-state index is 3.73. The van der Waals surface area contributed by atoms with Gasteiger partial charge in [-0.2, -0.15) is 0 Å². The number of anilines is 2. The van der Waals surface area contributed by atoms with Crippen molar-refractivity contribution in [2.45, 2.75) is 19.3 Å². The van der Waals surface area contributed by atoms with Crippen molar-refractivity contribution in [2.24, 2.45) is 0 Å². The second-order valence-corrected chi connectivity index (χ2v) is 8.75. The quantitative estimate of drug-likeness (QED) is 0.310. The van der Waals surface area contributed by atoms with E-state index in [9.17, 15) is 0 Å². The molecule has 0 fully saturated rings. The van der Waals surface area contributed by atoms with Crippen LogP contribution in [0.2, 0.25) is 0 Å². The molecule has 0 bridgehead atoms. The molecule has 0 spiro atoms. The predicted octanol–water partition coefficient (Wildman–Crippen LogP) is 8.04. The maximum atomic E-state index is 3.73. The van der Waals surface area contributed by atoms with Gasteiger partial charge in [0.05, 0.1) is 0 Å². The fourth-order valence-corrected chi connectivity index (χ4v) is 5.09. The van der Waals surface area contributed by atoms with Crippen molar-refractivity contribution < 1.29 is 0 Å². The predicted molar refractivity (Wildman–Crippen MR) is 129 cm³/mol. The molecule has 1 nitrogen and oxygen atoms in total. The normalized spacial score (nSPS) is 13.9. The minimum absolute atomic E-state index is 0.00190. The van der Waals surface area contributed by atoms with E-state index in [1.807, 2.05) is 0 Å². The first kappa shape index (κ1) is 17.3. The van der Waals surface area contributed by atoms with E-state index < -0.39 is 0 Å². The highest BCUT2D eigenvalue weighted by Gasteiger charge is 2.34. The Bertz CT molecular complexity index is 1430. The van der Waals surface area contributed by atoms with Gasteiger partial charge in [-0.05, 0) is 56.4 Å². The smallest absolute Gasteiger partial charge is 0.0463 e. The topological polar surface area (TPSA) is 12.0 Å². The Morgan fingerprint density at radius 2 is 1.33 bits per heavy atom. The molecule has 30 heavy (non-hydrogen) atoms. The minimum Gasteiger partial charge on any atom is -0.355 e. The lowest BCUT2D eigenvalue weighted by atomic mass is 9.81. The molecule has 0 amide bonds. The zero-order valence-electron chi connectivity index (χ0n) is 17.2. The van der Waals surface area contributed by atoms with Gasteiger partial charge in [-0.1, -0.05) is 92.7 Å². The lowest BCUT2D eigenvalue weighted by Gasteiger charge is -2.23. The van der Waals surface area contributed by atoms with Gasteiger partial charge in [0, 0.05) is 22.4 Å². The largest absolute Gasteiger partial charge is 0.355 e. The lowest BCUT2D eigenvalue weighted by molar-refractivity contribution is 0.663. The molecular weight excluding hydrogens is 362 g/mol. The Morgan fingerprint density at radius 3 is 2.20 bits per heavy atom. The highest BCUT2D eigenvalue weighted by Crippen LogP contribution is 2.49. The molecule has 5 aromatic carbocycles. The molecule has 1 heteroatoms. The summed E-state index contributed by atoms with van der Waals surface area (Å²) < 4.78 is 0. The Labute approximate surface area is 177 Å². The summed E-state index contributed by atoms with van der Waals surface area (Å²) in [7, 11) is 0. The fraction of sp³-hybridized carbons (Fsp3) is 0.103. The van der Waals surface area contributed by atoms with Gasteiger partial charge >= 0.3 is 0 Å². The van der Waals surface area contributed by atoms with Crippen molar-refractivity contribution in [1.82, 2.24) is 0 Å². The third-order valence-corrected chi connectivity index (χ3v) is 6.60. The molecule has 6 rings (SSSR count). The molecule has 144 valence electrons. The van der Waals surface area contributed by atoms with Gasteiger partial charge in [0.25, 0.3) is 0 Å². The summed E-state index contributed by atoms with van der Waals surface area (Å²) in [6.45, 7) is 4.69. The summed E-state index contributed by atoms with van der Waals surface area (Å²) in [5.41, 5.74) is 7.55. The number of para-hydroxylation sites is 1. The Hall–Kier alpha value is -3.58. The van der Waals surface area contributed by atoms with Crippen LogP contribution < -0.4 is 5.32 Å². The van der Waals surface area contributed by atoms with Crippen LogP contribution in [0.1, 0.15) is 25.0 Å². The average Bonchev–Trinajstić information content (AvgIpc) is 3.01. The summed E-state index contributed by atoms with van der Waals surface area (Å²) >= 11 is 0. The van der Waals surface area contributed by atoms with Gasteiger partial charge in [0.1, 0.15) is 0 Å². The second kappa shape index (κ2) is 6.21. The number of hydrogen-bond acceptors (Lipinski definition) is 1. The first-order valence-electron chi connectivity index (χ1n) is 10.5. The molecule has 1 N–H and O–H groups in total. The van der Waals surface area contributed by atoms with Crippen LogP contribution in [0.3, 0.4) is 0 Å². The average molecular weight is 386 g/mol. The molecule has 0 heterocycles. The number of rotatable bonds is 3. The van der Waals surface area contributed by atoms with Gasteiger partial charge in [-0.15, -0.1) is 0 Å². The van der Waals surface area contributed by atoms with Crippen molar-refractivity contribution in [2.75, 3.05) is 5.32 Å². The first-order chi connectivity index (χ1) is 14.6. The summed E-state index contributed by atoms with van der Waals surface area (Å²) in [6.07, 6.45) is 0. The van der Waals surface area contributed by atoms with Crippen LogP contribution in [0.15, 0.2) is 97.1 Å². The van der Waals surface area contributed by atoms with E-state index in [-0.39, 0.29) is 5.41 Å². The third-order valence-electron chi connectivity index (χ3n) is 6.60. The summed E-state index contributed by atoms with van der Waals surface area (Å²) in [5, 5.41) is 9.20. The van der Waals surface area contributed by atoms with Crippen molar-refractivity contribution in [3.8, 4) is 11.1 Å². The van der Waals surface area contributed by atoms with E-state index in [0.29, 0.717) is 0 Å². The molecule has 0 atom stereocenters. The summed E-state index contributed by atoms with van der Waals surface area (Å²) in [5.74, 6) is 0. The van der Waals surface area contributed by atoms with E-state index in [0.717, 1.165) is 11.4 Å². The number of benzene rings is 5. The van der Waals surface area contributed by atoms with Crippen LogP contribution >= 0.6 is 0 Å². The molecule has 5 aromatic rings. The molecule has 0 saturated heterocycles. The van der Waals surface area contributed by atoms with Crippen LogP contribution in [-0.2, 0) is 5.41 Å². The molecular formula is C29H23N. The Balaban J connectivity index is 1.52. The second-order valence-electron chi connectivity index (χ2n) is 8.75. The van der Waals surface area contributed by atoms with Crippen molar-refractivity contribution in [3.63, 3.8) is 0 Å². The van der Waals surface area contributed by atoms with E-state index >= 15 is 0 Å². The number of nitrogens with one attached hydrogen (secondary N) is 1. The zero-order valence-corrected chi connectivity index (χ0v) is 17.2. The van der Waals surface area contributed by atoms with Crippen molar-refractivity contribution >= 4 is 32.9 Å². The summed E-state index contributed by atoms with van der Waals surface area (Å²) in [4.78, 5) is 0. The van der Waals surface area contributed by atoms with E-state index in [1.54, 1.807) is 0 Å². The van der Waals surface area contributed by atoms with Gasteiger partial charge in [-0.3, -0.25) is 0 Å². The first-order valence-corrected chi connectivity index (χ1v) is 10.5. The molecule has 0 radical (unpaired) electrons. The molecule has 1 aliphatic carbocycles. The van der Waals surface area contributed by atoms with E-state index in [1.165, 1.54) is 43.8 Å². The van der Waals surface area contributed by atoms with Gasteiger partial charge in [0.2, 0.25) is 0 Å². The lowest BCUT2D eigenvalue weighted by Crippen LogP contribution is -2.15. The Morgan fingerprint density at radius 1 is 0.600 bits per heavy atom. The summed E-state index contributed by atoms with van der Waals surface area (Å²) in [6, 6.07) is 35.0. The molecule has 1 aliphatic rings. The highest BCUT2D eigenvalue weighted by molar-refractivity contribution is 6.15. The van der Waals surface area contributed by atoms with Crippen molar-refractivity contribution in [1.29, 1.82) is 0 Å².